The summed E-state index contributed by atoms with van der Waals surface area (Å²) in [4.78, 5) is 30.4. The van der Waals surface area contributed by atoms with E-state index in [-0.39, 0.29) is 12.2 Å². The molecule has 0 fully saturated rings. The van der Waals surface area contributed by atoms with Crippen LogP contribution >= 0.6 is 11.6 Å². The minimum Gasteiger partial charge on any atom is -0.406 e. The van der Waals surface area contributed by atoms with Gasteiger partial charge in [0.05, 0.1) is 0 Å². The number of hydrogen-bond donors (Lipinski definition) is 1. The largest absolute Gasteiger partial charge is 0.406 e. The van der Waals surface area contributed by atoms with Crippen LogP contribution in [0.3, 0.4) is 0 Å². The number of nitrogens with zero attached hydrogens (tertiary/aromatic N) is 1. The molecule has 1 amide bonds. The smallest absolute Gasteiger partial charge is 0.295 e. The van der Waals surface area contributed by atoms with Crippen LogP contribution in [0.1, 0.15) is 21.5 Å². The Morgan fingerprint density at radius 2 is 1.88 bits per heavy atom. The van der Waals surface area contributed by atoms with Crippen LogP contribution in [0.25, 0.3) is 0 Å². The van der Waals surface area contributed by atoms with Gasteiger partial charge in [-0.05, 0) is 42.3 Å². The lowest BCUT2D eigenvalue weighted by Crippen LogP contribution is -2.32. The summed E-state index contributed by atoms with van der Waals surface area (Å²) >= 11 is 6.06. The molecule has 0 spiro atoms. The van der Waals surface area contributed by atoms with Crippen LogP contribution < -0.4 is 15.7 Å². The first kappa shape index (κ1) is 17.8. The first-order valence-electron chi connectivity index (χ1n) is 8.01. The molecule has 0 aliphatic rings. The van der Waals surface area contributed by atoms with Gasteiger partial charge in [-0.1, -0.05) is 48.0 Å². The van der Waals surface area contributed by atoms with Crippen molar-refractivity contribution in [3.05, 3.63) is 98.9 Å². The molecule has 6 heteroatoms. The average Bonchev–Trinajstić information content (AvgIpc) is 2.64. The Kier molecular flexibility index (Phi) is 5.39. The molecule has 3 aromatic rings. The number of hydrogen-bond acceptors (Lipinski definition) is 3. The van der Waals surface area contributed by atoms with Crippen molar-refractivity contribution >= 4 is 23.2 Å². The van der Waals surface area contributed by atoms with Gasteiger partial charge >= 0.3 is 0 Å². The van der Waals surface area contributed by atoms with Crippen LogP contribution in [0.15, 0.2) is 71.7 Å². The van der Waals surface area contributed by atoms with Crippen molar-refractivity contribution in [1.29, 1.82) is 0 Å². The molecule has 0 aliphatic heterocycles. The normalized spacial score (nSPS) is 10.4. The van der Waals surface area contributed by atoms with Crippen molar-refractivity contribution in [2.24, 2.45) is 0 Å². The van der Waals surface area contributed by atoms with Gasteiger partial charge < -0.3 is 10.2 Å². The van der Waals surface area contributed by atoms with Gasteiger partial charge in [-0.15, -0.1) is 0 Å². The molecule has 0 radical (unpaired) electrons. The van der Waals surface area contributed by atoms with Gasteiger partial charge in [0, 0.05) is 16.9 Å². The molecule has 3 rings (SSSR count). The lowest BCUT2D eigenvalue weighted by atomic mass is 10.2. The van der Waals surface area contributed by atoms with Crippen LogP contribution in [0.4, 0.5) is 5.69 Å². The van der Waals surface area contributed by atoms with Crippen LogP contribution in [-0.2, 0) is 6.61 Å². The lowest BCUT2D eigenvalue weighted by molar-refractivity contribution is 0.0863. The summed E-state index contributed by atoms with van der Waals surface area (Å²) in [6, 6.07) is 17.7. The molecule has 1 aromatic heterocycles. The van der Waals surface area contributed by atoms with Gasteiger partial charge in [-0.25, -0.2) is 0 Å². The standard InChI is InChI=1S/C20H17ClN2O3/c1-14-9-10-16(12-18(14)21)22-19(24)17-8-5-11-23(20(17)25)26-13-15-6-3-2-4-7-15/h2-12H,13H2,1H3,(H,22,24). The summed E-state index contributed by atoms with van der Waals surface area (Å²) in [5, 5.41) is 3.22. The molecular formula is C20H17ClN2O3. The van der Waals surface area contributed by atoms with Gasteiger partial charge in [-0.2, -0.15) is 4.73 Å². The molecule has 5 nitrogen and oxygen atoms in total. The zero-order valence-electron chi connectivity index (χ0n) is 14.1. The number of carbonyl (C=O) groups excluding carboxylic acids is 1. The Bertz CT molecular complexity index is 984. The number of nitrogens with one attached hydrogen (secondary N) is 1. The Labute approximate surface area is 155 Å². The predicted octanol–water partition coefficient (Wildman–Crippen LogP) is 3.69. The summed E-state index contributed by atoms with van der Waals surface area (Å²) in [6.45, 7) is 2.09. The van der Waals surface area contributed by atoms with E-state index in [1.807, 2.05) is 37.3 Å². The van der Waals surface area contributed by atoms with Crippen molar-refractivity contribution in [3.63, 3.8) is 0 Å². The van der Waals surface area contributed by atoms with Gasteiger partial charge in [0.1, 0.15) is 12.2 Å². The SMILES string of the molecule is Cc1ccc(NC(=O)c2cccn(OCc3ccccc3)c2=O)cc1Cl. The molecule has 0 unspecified atom stereocenters. The number of halogens is 1. The number of aryl methyl sites for hydroxylation is 1. The monoisotopic (exact) mass is 368 g/mol. The van der Waals surface area contributed by atoms with Crippen molar-refractivity contribution in [3.8, 4) is 0 Å². The summed E-state index contributed by atoms with van der Waals surface area (Å²) in [7, 11) is 0. The Morgan fingerprint density at radius 1 is 1.12 bits per heavy atom. The minimum absolute atomic E-state index is 0.0164. The van der Waals surface area contributed by atoms with E-state index in [0.717, 1.165) is 15.9 Å². The second kappa shape index (κ2) is 7.89. The Hall–Kier alpha value is -3.05. The molecule has 0 atom stereocenters. The average molecular weight is 369 g/mol. The highest BCUT2D eigenvalue weighted by molar-refractivity contribution is 6.31. The summed E-state index contributed by atoms with van der Waals surface area (Å²) in [6.07, 6.45) is 1.48. The molecule has 132 valence electrons. The lowest BCUT2D eigenvalue weighted by Gasteiger charge is -2.10. The van der Waals surface area contributed by atoms with E-state index in [1.54, 1.807) is 24.3 Å². The van der Waals surface area contributed by atoms with Gasteiger partial charge in [0.2, 0.25) is 0 Å². The van der Waals surface area contributed by atoms with E-state index < -0.39 is 11.5 Å². The highest BCUT2D eigenvalue weighted by Crippen LogP contribution is 2.20. The fourth-order valence-corrected chi connectivity index (χ4v) is 2.52. The van der Waals surface area contributed by atoms with E-state index in [9.17, 15) is 9.59 Å². The molecule has 2 aromatic carbocycles. The fraction of sp³-hybridized carbons (Fsp3) is 0.100. The third kappa shape index (κ3) is 4.13. The van der Waals surface area contributed by atoms with Crippen LogP contribution in [-0.4, -0.2) is 10.6 Å². The van der Waals surface area contributed by atoms with Crippen LogP contribution in [0.2, 0.25) is 5.02 Å². The molecule has 1 heterocycles. The molecule has 0 bridgehead atoms. The molecule has 0 saturated carbocycles. The van der Waals surface area contributed by atoms with Crippen molar-refractivity contribution in [1.82, 2.24) is 4.73 Å². The highest BCUT2D eigenvalue weighted by atomic mass is 35.5. The number of aromatic nitrogens is 1. The van der Waals surface area contributed by atoms with Crippen LogP contribution in [0.5, 0.6) is 0 Å². The Balaban J connectivity index is 1.76. The summed E-state index contributed by atoms with van der Waals surface area (Å²) < 4.78 is 1.06. The van der Waals surface area contributed by atoms with E-state index in [2.05, 4.69) is 5.32 Å². The molecule has 0 aliphatic carbocycles. The minimum atomic E-state index is -0.529. The molecule has 26 heavy (non-hydrogen) atoms. The quantitative estimate of drug-likeness (QED) is 0.747. The van der Waals surface area contributed by atoms with E-state index in [0.29, 0.717) is 10.7 Å². The van der Waals surface area contributed by atoms with E-state index >= 15 is 0 Å². The zero-order chi connectivity index (χ0) is 18.5. The molecular weight excluding hydrogens is 352 g/mol. The number of amides is 1. The number of anilines is 1. The highest BCUT2D eigenvalue weighted by Gasteiger charge is 2.13. The first-order chi connectivity index (χ1) is 12.5. The maximum Gasteiger partial charge on any atom is 0.295 e. The van der Waals surface area contributed by atoms with Gasteiger partial charge in [0.15, 0.2) is 0 Å². The van der Waals surface area contributed by atoms with Gasteiger partial charge in [-0.3, -0.25) is 9.59 Å². The van der Waals surface area contributed by atoms with Gasteiger partial charge in [0.25, 0.3) is 11.5 Å². The Morgan fingerprint density at radius 3 is 2.62 bits per heavy atom. The van der Waals surface area contributed by atoms with Crippen molar-refractivity contribution < 1.29 is 9.63 Å². The number of pyridine rings is 1. The van der Waals surface area contributed by atoms with E-state index in [4.69, 9.17) is 16.4 Å². The maximum atomic E-state index is 12.5. The third-order valence-electron chi connectivity index (χ3n) is 3.80. The topological polar surface area (TPSA) is 60.3 Å². The van der Waals surface area contributed by atoms with Crippen molar-refractivity contribution in [2.45, 2.75) is 13.5 Å². The third-order valence-corrected chi connectivity index (χ3v) is 4.21. The van der Waals surface area contributed by atoms with E-state index in [1.165, 1.54) is 12.3 Å². The van der Waals surface area contributed by atoms with Crippen LogP contribution in [0, 0.1) is 6.92 Å². The maximum absolute atomic E-state index is 12.5. The summed E-state index contributed by atoms with van der Waals surface area (Å²) in [5.74, 6) is -0.521. The predicted molar refractivity (Wildman–Crippen MR) is 102 cm³/mol. The first-order valence-corrected chi connectivity index (χ1v) is 8.39. The number of rotatable bonds is 5. The molecule has 1 N–H and O–H groups in total. The second-order valence-corrected chi connectivity index (χ2v) is 6.14. The number of carbonyl (C=O) groups is 1. The number of benzene rings is 2. The molecule has 0 saturated heterocycles. The summed E-state index contributed by atoms with van der Waals surface area (Å²) in [5.41, 5.74) is 1.80. The van der Waals surface area contributed by atoms with Crippen molar-refractivity contribution in [2.75, 3.05) is 5.32 Å². The fourth-order valence-electron chi connectivity index (χ4n) is 2.34. The zero-order valence-corrected chi connectivity index (χ0v) is 14.9. The second-order valence-electron chi connectivity index (χ2n) is 5.73.